The molecular weight excluding hydrogens is 519 g/mol. The van der Waals surface area contributed by atoms with E-state index in [1.165, 1.54) is 22.9 Å². The molecule has 0 bridgehead atoms. The summed E-state index contributed by atoms with van der Waals surface area (Å²) in [4.78, 5) is 42.9. The van der Waals surface area contributed by atoms with Gasteiger partial charge in [0, 0.05) is 38.5 Å². The molecule has 0 heterocycles. The number of hydrogen-bond donors (Lipinski definition) is 2. The zero-order valence-corrected chi connectivity index (χ0v) is 23.5. The quantitative estimate of drug-likeness (QED) is 0.306. The van der Waals surface area contributed by atoms with E-state index in [9.17, 15) is 18.8 Å². The average molecular weight is 555 g/mol. The summed E-state index contributed by atoms with van der Waals surface area (Å²) in [6, 6.07) is 24.4. The van der Waals surface area contributed by atoms with E-state index < -0.39 is 29.7 Å². The predicted molar refractivity (Wildman–Crippen MR) is 158 cm³/mol. The third kappa shape index (κ3) is 6.78. The second-order valence-electron chi connectivity index (χ2n) is 10.4. The van der Waals surface area contributed by atoms with Gasteiger partial charge >= 0.3 is 0 Å². The summed E-state index contributed by atoms with van der Waals surface area (Å²) in [7, 11) is 3.02. The second kappa shape index (κ2) is 12.7. The van der Waals surface area contributed by atoms with Gasteiger partial charge in [0.1, 0.15) is 17.9 Å². The standard InChI is InChI=1S/C33H35FN4O3/c1-21(35)24-12-8-13-27(19-24)32(40)38(3)30(18-22-15-16-23-9-4-5-10-25(23)17-22)33(41)37(2)29(31(36)39)20-26-11-6-7-14-28(26)34/h4-17,19,21,29-30H,18,20,35H2,1-3H3,(H2,36,39). The predicted octanol–water partition coefficient (Wildman–Crippen LogP) is 4.24. The molecule has 212 valence electrons. The van der Waals surface area contributed by atoms with Crippen molar-refractivity contribution in [3.05, 3.63) is 119 Å². The van der Waals surface area contributed by atoms with Crippen LogP contribution < -0.4 is 11.5 Å². The van der Waals surface area contributed by atoms with E-state index >= 15 is 0 Å². The van der Waals surface area contributed by atoms with Crippen molar-refractivity contribution >= 4 is 28.5 Å². The van der Waals surface area contributed by atoms with Crippen molar-refractivity contribution in [2.45, 2.75) is 37.9 Å². The summed E-state index contributed by atoms with van der Waals surface area (Å²) < 4.78 is 14.4. The van der Waals surface area contributed by atoms with Gasteiger partial charge in [0.25, 0.3) is 5.91 Å². The number of nitrogens with two attached hydrogens (primary N) is 2. The van der Waals surface area contributed by atoms with Gasteiger partial charge < -0.3 is 21.3 Å². The van der Waals surface area contributed by atoms with E-state index in [-0.39, 0.29) is 30.4 Å². The molecule has 4 aromatic rings. The van der Waals surface area contributed by atoms with Crippen LogP contribution in [-0.2, 0) is 22.4 Å². The van der Waals surface area contributed by atoms with E-state index in [2.05, 4.69) is 0 Å². The summed E-state index contributed by atoms with van der Waals surface area (Å²) in [6.45, 7) is 1.83. The second-order valence-corrected chi connectivity index (χ2v) is 10.4. The highest BCUT2D eigenvalue weighted by Gasteiger charge is 2.35. The number of halogens is 1. The minimum Gasteiger partial charge on any atom is -0.368 e. The molecule has 0 aliphatic rings. The maximum absolute atomic E-state index is 14.4. The van der Waals surface area contributed by atoms with Crippen LogP contribution in [0, 0.1) is 5.82 Å². The molecule has 4 N–H and O–H groups in total. The largest absolute Gasteiger partial charge is 0.368 e. The van der Waals surface area contributed by atoms with Crippen LogP contribution >= 0.6 is 0 Å². The molecule has 0 radical (unpaired) electrons. The van der Waals surface area contributed by atoms with Gasteiger partial charge in [-0.15, -0.1) is 0 Å². The Morgan fingerprint density at radius 3 is 2.15 bits per heavy atom. The maximum atomic E-state index is 14.4. The zero-order valence-electron chi connectivity index (χ0n) is 23.5. The number of amides is 3. The molecule has 0 aliphatic heterocycles. The normalized spacial score (nSPS) is 13.3. The lowest BCUT2D eigenvalue weighted by Crippen LogP contribution is -2.55. The molecule has 41 heavy (non-hydrogen) atoms. The lowest BCUT2D eigenvalue weighted by Gasteiger charge is -2.34. The fourth-order valence-corrected chi connectivity index (χ4v) is 4.97. The van der Waals surface area contributed by atoms with Gasteiger partial charge in [-0.1, -0.05) is 72.8 Å². The van der Waals surface area contributed by atoms with Gasteiger partial charge in [-0.25, -0.2) is 4.39 Å². The molecule has 3 unspecified atom stereocenters. The minimum absolute atomic E-state index is 0.0962. The summed E-state index contributed by atoms with van der Waals surface area (Å²) >= 11 is 0. The van der Waals surface area contributed by atoms with Crippen LogP contribution in [0.3, 0.4) is 0 Å². The van der Waals surface area contributed by atoms with E-state index in [4.69, 9.17) is 11.5 Å². The van der Waals surface area contributed by atoms with Crippen molar-refractivity contribution < 1.29 is 18.8 Å². The number of nitrogens with zero attached hydrogens (tertiary/aromatic N) is 2. The first-order valence-electron chi connectivity index (χ1n) is 13.5. The van der Waals surface area contributed by atoms with E-state index in [0.717, 1.165) is 21.9 Å². The zero-order chi connectivity index (χ0) is 29.7. The van der Waals surface area contributed by atoms with Crippen LogP contribution in [-0.4, -0.2) is 53.7 Å². The highest BCUT2D eigenvalue weighted by molar-refractivity contribution is 5.98. The van der Waals surface area contributed by atoms with Gasteiger partial charge in [0.15, 0.2) is 0 Å². The molecule has 8 heteroatoms. The van der Waals surface area contributed by atoms with Crippen LogP contribution in [0.25, 0.3) is 10.8 Å². The molecule has 0 spiro atoms. The summed E-state index contributed by atoms with van der Waals surface area (Å²) in [5, 5.41) is 2.05. The topological polar surface area (TPSA) is 110 Å². The Hall–Kier alpha value is -4.56. The number of benzene rings is 4. The third-order valence-corrected chi connectivity index (χ3v) is 7.49. The van der Waals surface area contributed by atoms with Gasteiger partial charge in [0.2, 0.25) is 11.8 Å². The van der Waals surface area contributed by atoms with Gasteiger partial charge in [-0.05, 0) is 52.6 Å². The fraction of sp³-hybridized carbons (Fsp3) is 0.242. The number of carbonyl (C=O) groups is 3. The van der Waals surface area contributed by atoms with Gasteiger partial charge in [-0.2, -0.15) is 0 Å². The maximum Gasteiger partial charge on any atom is 0.254 e. The Morgan fingerprint density at radius 2 is 1.46 bits per heavy atom. The molecule has 3 amide bonds. The van der Waals surface area contributed by atoms with Crippen molar-refractivity contribution in [2.24, 2.45) is 11.5 Å². The van der Waals surface area contributed by atoms with E-state index in [0.29, 0.717) is 5.56 Å². The van der Waals surface area contributed by atoms with Crippen molar-refractivity contribution in [1.82, 2.24) is 9.80 Å². The lowest BCUT2D eigenvalue weighted by atomic mass is 9.97. The number of rotatable bonds is 10. The van der Waals surface area contributed by atoms with Crippen LogP contribution in [0.1, 0.15) is 40.0 Å². The summed E-state index contributed by atoms with van der Waals surface area (Å²) in [5.41, 5.74) is 14.0. The first kappa shape index (κ1) is 29.4. The number of likely N-dealkylation sites (N-methyl/N-ethyl adjacent to an activating group) is 2. The van der Waals surface area contributed by atoms with Crippen molar-refractivity contribution in [3.8, 4) is 0 Å². The molecule has 3 atom stereocenters. The Labute approximate surface area is 239 Å². The Kier molecular flexibility index (Phi) is 9.14. The smallest absolute Gasteiger partial charge is 0.254 e. The lowest BCUT2D eigenvalue weighted by molar-refractivity contribution is -0.141. The first-order chi connectivity index (χ1) is 19.6. The Bertz CT molecular complexity index is 1570. The molecule has 7 nitrogen and oxygen atoms in total. The average Bonchev–Trinajstić information content (AvgIpc) is 2.97. The molecule has 0 fully saturated rings. The highest BCUT2D eigenvalue weighted by atomic mass is 19.1. The number of fused-ring (bicyclic) bond motifs is 1. The Balaban J connectivity index is 1.69. The van der Waals surface area contributed by atoms with Crippen molar-refractivity contribution in [1.29, 1.82) is 0 Å². The molecular formula is C33H35FN4O3. The number of carbonyl (C=O) groups excluding carboxylic acids is 3. The van der Waals surface area contributed by atoms with Crippen LogP contribution in [0.2, 0.25) is 0 Å². The molecule has 0 aromatic heterocycles. The number of hydrogen-bond acceptors (Lipinski definition) is 4. The monoisotopic (exact) mass is 554 g/mol. The molecule has 4 aromatic carbocycles. The molecule has 0 saturated carbocycles. The van der Waals surface area contributed by atoms with Crippen molar-refractivity contribution in [3.63, 3.8) is 0 Å². The first-order valence-corrected chi connectivity index (χ1v) is 13.5. The van der Waals surface area contributed by atoms with Crippen LogP contribution in [0.4, 0.5) is 4.39 Å². The van der Waals surface area contributed by atoms with Crippen LogP contribution in [0.15, 0.2) is 91.0 Å². The van der Waals surface area contributed by atoms with Gasteiger partial charge in [-0.3, -0.25) is 14.4 Å². The van der Waals surface area contributed by atoms with Gasteiger partial charge in [0.05, 0.1) is 0 Å². The highest BCUT2D eigenvalue weighted by Crippen LogP contribution is 2.22. The minimum atomic E-state index is -1.12. The van der Waals surface area contributed by atoms with E-state index in [1.54, 1.807) is 43.4 Å². The van der Waals surface area contributed by atoms with Crippen LogP contribution in [0.5, 0.6) is 0 Å². The van der Waals surface area contributed by atoms with Crippen molar-refractivity contribution in [2.75, 3.05) is 14.1 Å². The molecule has 0 saturated heterocycles. The third-order valence-electron chi connectivity index (χ3n) is 7.49. The Morgan fingerprint density at radius 1 is 0.780 bits per heavy atom. The summed E-state index contributed by atoms with van der Waals surface area (Å²) in [6.07, 6.45) is 0.0927. The van der Waals surface area contributed by atoms with E-state index in [1.807, 2.05) is 55.5 Å². The number of primary amides is 1. The SMILES string of the molecule is CC(N)c1cccc(C(=O)N(C)C(Cc2ccc3ccccc3c2)C(=O)N(C)C(Cc2ccccc2F)C(N)=O)c1. The fourth-order valence-electron chi connectivity index (χ4n) is 4.97. The summed E-state index contributed by atoms with van der Waals surface area (Å²) in [5.74, 6) is -2.12. The molecule has 4 rings (SSSR count). The molecule has 0 aliphatic carbocycles.